The summed E-state index contributed by atoms with van der Waals surface area (Å²) in [6.07, 6.45) is 0.670. The fourth-order valence-electron chi connectivity index (χ4n) is 1.50. The average molecular weight is 286 g/mol. The van der Waals surface area contributed by atoms with Gasteiger partial charge in [0.1, 0.15) is 0 Å². The minimum Gasteiger partial charge on any atom is -0.355 e. The molecule has 2 amide bonds. The number of halogens is 1. The Morgan fingerprint density at radius 2 is 2.05 bits per heavy atom. The molecule has 0 spiro atoms. The Bertz CT molecular complexity index is 436. The SMILES string of the molecule is CNC(=O)c1cccc(CCNC(=O)[C@@H](C)N)c1.Cl. The molecule has 0 fully saturated rings. The highest BCUT2D eigenvalue weighted by molar-refractivity contribution is 5.94. The van der Waals surface area contributed by atoms with Crippen LogP contribution >= 0.6 is 12.4 Å². The minimum absolute atomic E-state index is 0. The summed E-state index contributed by atoms with van der Waals surface area (Å²) in [6, 6.07) is 6.82. The summed E-state index contributed by atoms with van der Waals surface area (Å²) in [6.45, 7) is 2.15. The van der Waals surface area contributed by atoms with Crippen LogP contribution in [0.15, 0.2) is 24.3 Å². The molecule has 0 aliphatic carbocycles. The normalized spacial score (nSPS) is 11.1. The van der Waals surface area contributed by atoms with E-state index in [-0.39, 0.29) is 24.2 Å². The topological polar surface area (TPSA) is 84.2 Å². The number of carbonyl (C=O) groups excluding carboxylic acids is 2. The van der Waals surface area contributed by atoms with E-state index in [2.05, 4.69) is 10.6 Å². The zero-order chi connectivity index (χ0) is 13.5. The van der Waals surface area contributed by atoms with Crippen LogP contribution in [0.25, 0.3) is 0 Å². The van der Waals surface area contributed by atoms with Crippen molar-refractivity contribution in [1.82, 2.24) is 10.6 Å². The quantitative estimate of drug-likeness (QED) is 0.735. The summed E-state index contributed by atoms with van der Waals surface area (Å²) in [7, 11) is 1.60. The third kappa shape index (κ3) is 5.72. The predicted molar refractivity (Wildman–Crippen MR) is 77.4 cm³/mol. The highest BCUT2D eigenvalue weighted by Gasteiger charge is 2.06. The Balaban J connectivity index is 0.00000324. The van der Waals surface area contributed by atoms with E-state index < -0.39 is 6.04 Å². The lowest BCUT2D eigenvalue weighted by Crippen LogP contribution is -2.39. The highest BCUT2D eigenvalue weighted by atomic mass is 35.5. The predicted octanol–water partition coefficient (Wildman–Crippen LogP) is 0.474. The molecular weight excluding hydrogens is 266 g/mol. The molecular formula is C13H20ClN3O2. The van der Waals surface area contributed by atoms with Crippen LogP contribution in [-0.4, -0.2) is 31.4 Å². The Hall–Kier alpha value is -1.59. The molecule has 0 saturated heterocycles. The summed E-state index contributed by atoms with van der Waals surface area (Å²) in [5, 5.41) is 5.30. The van der Waals surface area contributed by atoms with Gasteiger partial charge in [-0.25, -0.2) is 0 Å². The van der Waals surface area contributed by atoms with Gasteiger partial charge in [0.2, 0.25) is 5.91 Å². The van der Waals surface area contributed by atoms with Crippen molar-refractivity contribution in [1.29, 1.82) is 0 Å². The summed E-state index contributed by atoms with van der Waals surface area (Å²) < 4.78 is 0. The van der Waals surface area contributed by atoms with Gasteiger partial charge in [-0.05, 0) is 31.0 Å². The second-order valence-electron chi connectivity index (χ2n) is 4.11. The van der Waals surface area contributed by atoms with Crippen molar-refractivity contribution in [3.63, 3.8) is 0 Å². The number of rotatable bonds is 5. The Morgan fingerprint density at radius 1 is 1.37 bits per heavy atom. The second-order valence-corrected chi connectivity index (χ2v) is 4.11. The van der Waals surface area contributed by atoms with E-state index >= 15 is 0 Å². The van der Waals surface area contributed by atoms with Gasteiger partial charge in [0, 0.05) is 19.2 Å². The lowest BCUT2D eigenvalue weighted by molar-refractivity contribution is -0.121. The van der Waals surface area contributed by atoms with Crippen LogP contribution in [0.2, 0.25) is 0 Å². The maximum Gasteiger partial charge on any atom is 0.251 e. The third-order valence-corrected chi connectivity index (χ3v) is 2.54. The maximum atomic E-state index is 11.4. The van der Waals surface area contributed by atoms with Gasteiger partial charge in [0.15, 0.2) is 0 Å². The van der Waals surface area contributed by atoms with E-state index in [4.69, 9.17) is 5.73 Å². The molecule has 5 nitrogen and oxygen atoms in total. The third-order valence-electron chi connectivity index (χ3n) is 2.54. The first-order valence-electron chi connectivity index (χ1n) is 5.89. The molecule has 0 saturated carbocycles. The number of nitrogens with one attached hydrogen (secondary N) is 2. The zero-order valence-electron chi connectivity index (χ0n) is 11.1. The number of hydrogen-bond acceptors (Lipinski definition) is 3. The molecule has 6 heteroatoms. The fourth-order valence-corrected chi connectivity index (χ4v) is 1.50. The van der Waals surface area contributed by atoms with E-state index in [0.29, 0.717) is 18.5 Å². The van der Waals surface area contributed by atoms with E-state index in [1.54, 1.807) is 20.0 Å². The van der Waals surface area contributed by atoms with Crippen LogP contribution in [0.5, 0.6) is 0 Å². The Kier molecular flexibility index (Phi) is 7.79. The minimum atomic E-state index is -0.498. The van der Waals surface area contributed by atoms with Crippen LogP contribution in [0.3, 0.4) is 0 Å². The molecule has 0 bridgehead atoms. The van der Waals surface area contributed by atoms with E-state index in [1.165, 1.54) is 0 Å². The van der Waals surface area contributed by atoms with Crippen LogP contribution in [0, 0.1) is 0 Å². The lowest BCUT2D eigenvalue weighted by Gasteiger charge is -2.08. The van der Waals surface area contributed by atoms with Gasteiger partial charge in [0.05, 0.1) is 6.04 Å². The molecule has 0 heterocycles. The molecule has 1 atom stereocenters. The van der Waals surface area contributed by atoms with Gasteiger partial charge in [-0.3, -0.25) is 9.59 Å². The molecule has 106 valence electrons. The first-order valence-corrected chi connectivity index (χ1v) is 5.89. The van der Waals surface area contributed by atoms with Crippen LogP contribution < -0.4 is 16.4 Å². The maximum absolute atomic E-state index is 11.4. The first kappa shape index (κ1) is 17.4. The van der Waals surface area contributed by atoms with Crippen molar-refractivity contribution in [2.45, 2.75) is 19.4 Å². The second kappa shape index (κ2) is 8.50. The van der Waals surface area contributed by atoms with Crippen molar-refractivity contribution in [2.24, 2.45) is 5.73 Å². The molecule has 4 N–H and O–H groups in total. The summed E-state index contributed by atoms with van der Waals surface area (Å²) in [4.78, 5) is 22.7. The van der Waals surface area contributed by atoms with Crippen molar-refractivity contribution < 1.29 is 9.59 Å². The van der Waals surface area contributed by atoms with E-state index in [0.717, 1.165) is 5.56 Å². The number of carbonyl (C=O) groups is 2. The zero-order valence-corrected chi connectivity index (χ0v) is 11.9. The van der Waals surface area contributed by atoms with E-state index in [1.807, 2.05) is 18.2 Å². The number of benzene rings is 1. The average Bonchev–Trinajstić information content (AvgIpc) is 2.37. The fraction of sp³-hybridized carbons (Fsp3) is 0.385. The number of hydrogen-bond donors (Lipinski definition) is 3. The molecule has 1 aromatic rings. The van der Waals surface area contributed by atoms with E-state index in [9.17, 15) is 9.59 Å². The largest absolute Gasteiger partial charge is 0.355 e. The Labute approximate surface area is 119 Å². The van der Waals surface area contributed by atoms with Gasteiger partial charge in [-0.15, -0.1) is 12.4 Å². The molecule has 0 unspecified atom stereocenters. The van der Waals surface area contributed by atoms with Crippen molar-refractivity contribution in [3.8, 4) is 0 Å². The van der Waals surface area contributed by atoms with Gasteiger partial charge in [-0.1, -0.05) is 12.1 Å². The smallest absolute Gasteiger partial charge is 0.251 e. The van der Waals surface area contributed by atoms with Crippen LogP contribution in [0.4, 0.5) is 0 Å². The molecule has 0 aliphatic rings. The standard InChI is InChI=1S/C13H19N3O2.ClH/c1-9(14)12(17)16-7-6-10-4-3-5-11(8-10)13(18)15-2;/h3-5,8-9H,6-7,14H2,1-2H3,(H,15,18)(H,16,17);1H/t9-;/m1./s1. The lowest BCUT2D eigenvalue weighted by atomic mass is 10.1. The molecule has 1 aromatic carbocycles. The van der Waals surface area contributed by atoms with Crippen molar-refractivity contribution >= 4 is 24.2 Å². The number of nitrogens with two attached hydrogens (primary N) is 1. The summed E-state index contributed by atoms with van der Waals surface area (Å²) in [5.41, 5.74) is 7.05. The molecule has 1 rings (SSSR count). The summed E-state index contributed by atoms with van der Waals surface area (Å²) in [5.74, 6) is -0.283. The van der Waals surface area contributed by atoms with Gasteiger partial charge in [-0.2, -0.15) is 0 Å². The molecule has 0 aliphatic heterocycles. The van der Waals surface area contributed by atoms with Crippen molar-refractivity contribution in [3.05, 3.63) is 35.4 Å². The molecule has 0 aromatic heterocycles. The monoisotopic (exact) mass is 285 g/mol. The highest BCUT2D eigenvalue weighted by Crippen LogP contribution is 2.05. The van der Waals surface area contributed by atoms with Gasteiger partial charge < -0.3 is 16.4 Å². The Morgan fingerprint density at radius 3 is 2.63 bits per heavy atom. The summed E-state index contributed by atoms with van der Waals surface area (Å²) >= 11 is 0. The number of amides is 2. The van der Waals surface area contributed by atoms with Crippen LogP contribution in [-0.2, 0) is 11.2 Å². The van der Waals surface area contributed by atoms with Crippen LogP contribution in [0.1, 0.15) is 22.8 Å². The van der Waals surface area contributed by atoms with Gasteiger partial charge in [0.25, 0.3) is 5.91 Å². The van der Waals surface area contributed by atoms with Crippen molar-refractivity contribution in [2.75, 3.05) is 13.6 Å². The molecule has 0 radical (unpaired) electrons. The van der Waals surface area contributed by atoms with Gasteiger partial charge >= 0.3 is 0 Å². The first-order chi connectivity index (χ1) is 8.54. The molecule has 19 heavy (non-hydrogen) atoms.